The second kappa shape index (κ2) is 8.28. The number of rotatable bonds is 6. The molecule has 2 fully saturated rings. The first kappa shape index (κ1) is 20.0. The predicted molar refractivity (Wildman–Crippen MR) is 117 cm³/mol. The molecule has 1 aliphatic carbocycles. The van der Waals surface area contributed by atoms with Gasteiger partial charge in [-0.2, -0.15) is 5.10 Å². The monoisotopic (exact) mass is 421 g/mol. The Kier molecular flexibility index (Phi) is 5.33. The molecule has 1 amide bonds. The van der Waals surface area contributed by atoms with Gasteiger partial charge in [-0.3, -0.25) is 9.78 Å². The molecule has 3 aromatic heterocycles. The van der Waals surface area contributed by atoms with Gasteiger partial charge in [0.1, 0.15) is 18.5 Å². The highest BCUT2D eigenvalue weighted by Crippen LogP contribution is 2.32. The molecule has 31 heavy (non-hydrogen) atoms. The van der Waals surface area contributed by atoms with Crippen molar-refractivity contribution in [1.29, 1.82) is 0 Å². The average molecular weight is 422 g/mol. The summed E-state index contributed by atoms with van der Waals surface area (Å²) in [5, 5.41) is 10.8. The van der Waals surface area contributed by atoms with Crippen LogP contribution in [0.5, 0.6) is 5.75 Å². The lowest BCUT2D eigenvalue weighted by Crippen LogP contribution is -2.46. The summed E-state index contributed by atoms with van der Waals surface area (Å²) >= 11 is 0. The summed E-state index contributed by atoms with van der Waals surface area (Å²) in [5.74, 6) is 1.50. The number of ether oxygens (including phenoxy) is 2. The number of aromatic nitrogens is 3. The Morgan fingerprint density at radius 3 is 3.00 bits per heavy atom. The van der Waals surface area contributed by atoms with Crippen LogP contribution in [-0.2, 0) is 9.53 Å². The summed E-state index contributed by atoms with van der Waals surface area (Å²) in [5.41, 5.74) is 3.79. The van der Waals surface area contributed by atoms with E-state index in [1.165, 1.54) is 0 Å². The van der Waals surface area contributed by atoms with E-state index in [1.54, 1.807) is 10.7 Å². The van der Waals surface area contributed by atoms with Crippen molar-refractivity contribution in [3.05, 3.63) is 42.4 Å². The minimum atomic E-state index is 0.0142. The maximum Gasteiger partial charge on any atom is 0.228 e. The normalized spacial score (nSPS) is 21.2. The second-order valence-electron chi connectivity index (χ2n) is 8.48. The summed E-state index contributed by atoms with van der Waals surface area (Å²) in [6.45, 7) is 5.99. The molecule has 1 saturated carbocycles. The Morgan fingerprint density at radius 1 is 1.35 bits per heavy atom. The molecule has 2 N–H and O–H groups in total. The topological polar surface area (TPSA) is 89.8 Å². The molecule has 0 spiro atoms. The van der Waals surface area contributed by atoms with Gasteiger partial charge in [0.25, 0.3) is 0 Å². The smallest absolute Gasteiger partial charge is 0.228 e. The molecule has 8 heteroatoms. The fourth-order valence-corrected chi connectivity index (χ4v) is 3.71. The van der Waals surface area contributed by atoms with Gasteiger partial charge in [0.15, 0.2) is 5.82 Å². The first-order valence-electron chi connectivity index (χ1n) is 10.8. The Bertz CT molecular complexity index is 1100. The number of nitrogens with one attached hydrogen (secondary N) is 2. The number of carbonyl (C=O) groups is 1. The molecule has 3 aromatic rings. The number of morpholine rings is 1. The van der Waals surface area contributed by atoms with Crippen LogP contribution in [0.3, 0.4) is 0 Å². The Balaban J connectivity index is 1.36. The van der Waals surface area contributed by atoms with Crippen LogP contribution in [0.25, 0.3) is 16.6 Å². The summed E-state index contributed by atoms with van der Waals surface area (Å²) in [4.78, 5) is 16.5. The van der Waals surface area contributed by atoms with Gasteiger partial charge in [0.2, 0.25) is 5.91 Å². The fraction of sp³-hybridized carbons (Fsp3) is 0.435. The van der Waals surface area contributed by atoms with Gasteiger partial charge in [-0.1, -0.05) is 0 Å². The van der Waals surface area contributed by atoms with Crippen LogP contribution >= 0.6 is 0 Å². The summed E-state index contributed by atoms with van der Waals surface area (Å²) < 4.78 is 13.7. The quantitative estimate of drug-likeness (QED) is 0.636. The van der Waals surface area contributed by atoms with Crippen LogP contribution in [0.15, 0.2) is 36.7 Å². The van der Waals surface area contributed by atoms with Crippen molar-refractivity contribution in [2.24, 2.45) is 5.92 Å². The number of fused-ring (bicyclic) bond motifs is 1. The molecule has 2 aliphatic rings. The zero-order valence-electron chi connectivity index (χ0n) is 17.8. The third-order valence-electron chi connectivity index (χ3n) is 5.68. The predicted octanol–water partition coefficient (Wildman–Crippen LogP) is 2.81. The largest absolute Gasteiger partial charge is 0.489 e. The van der Waals surface area contributed by atoms with Crippen molar-refractivity contribution in [2.75, 3.05) is 25.1 Å². The summed E-state index contributed by atoms with van der Waals surface area (Å²) in [7, 11) is 0. The van der Waals surface area contributed by atoms with E-state index in [1.807, 2.05) is 37.4 Å². The number of carbonyl (C=O) groups excluding carboxylic acids is 1. The lowest BCUT2D eigenvalue weighted by atomic mass is 10.1. The van der Waals surface area contributed by atoms with Gasteiger partial charge in [-0.05, 0) is 50.5 Å². The highest BCUT2D eigenvalue weighted by molar-refractivity contribution is 5.93. The maximum atomic E-state index is 12.0. The van der Waals surface area contributed by atoms with Crippen molar-refractivity contribution in [3.63, 3.8) is 0 Å². The molecule has 162 valence electrons. The summed E-state index contributed by atoms with van der Waals surface area (Å²) in [6.07, 6.45) is 5.61. The van der Waals surface area contributed by atoms with Crippen LogP contribution < -0.4 is 15.4 Å². The molecule has 1 aliphatic heterocycles. The fourth-order valence-electron chi connectivity index (χ4n) is 3.71. The van der Waals surface area contributed by atoms with Crippen molar-refractivity contribution in [3.8, 4) is 16.9 Å². The van der Waals surface area contributed by atoms with Crippen LogP contribution in [0.2, 0.25) is 0 Å². The van der Waals surface area contributed by atoms with Crippen LogP contribution in [0, 0.1) is 12.8 Å². The van der Waals surface area contributed by atoms with Gasteiger partial charge >= 0.3 is 0 Å². The third kappa shape index (κ3) is 4.55. The zero-order chi connectivity index (χ0) is 21.4. The number of pyridine rings is 2. The van der Waals surface area contributed by atoms with E-state index < -0.39 is 0 Å². The Morgan fingerprint density at radius 2 is 2.23 bits per heavy atom. The third-order valence-corrected chi connectivity index (χ3v) is 5.68. The molecule has 1 saturated heterocycles. The minimum Gasteiger partial charge on any atom is -0.489 e. The number of aryl methyl sites for hydroxylation is 1. The SMILES string of the molecule is Cc1cc(-c2ccn3nc(NC(=O)C4CC4)cc3c2)c(OC[C@@H]2CN[C@H](C)CO2)cn1. The second-order valence-corrected chi connectivity index (χ2v) is 8.48. The van der Waals surface area contributed by atoms with Crippen LogP contribution in [-0.4, -0.2) is 52.4 Å². The molecule has 8 nitrogen and oxygen atoms in total. The zero-order valence-corrected chi connectivity index (χ0v) is 17.8. The minimum absolute atomic E-state index is 0.0142. The molecule has 0 bridgehead atoms. The Hall–Kier alpha value is -2.97. The molecule has 5 rings (SSSR count). The number of hydrogen-bond acceptors (Lipinski definition) is 6. The van der Waals surface area contributed by atoms with Crippen molar-refractivity contribution < 1.29 is 14.3 Å². The Labute approximate surface area is 181 Å². The van der Waals surface area contributed by atoms with Crippen molar-refractivity contribution >= 4 is 17.2 Å². The number of hydrogen-bond donors (Lipinski definition) is 2. The van der Waals surface area contributed by atoms with E-state index in [9.17, 15) is 4.79 Å². The highest BCUT2D eigenvalue weighted by atomic mass is 16.5. The lowest BCUT2D eigenvalue weighted by molar-refractivity contribution is -0.117. The van der Waals surface area contributed by atoms with Gasteiger partial charge in [0, 0.05) is 42.0 Å². The number of anilines is 1. The molecule has 2 atom stereocenters. The van der Waals surface area contributed by atoms with E-state index in [0.29, 0.717) is 25.1 Å². The van der Waals surface area contributed by atoms with Gasteiger partial charge in [-0.15, -0.1) is 0 Å². The standard InChI is InChI=1S/C23H27N5O3/c1-14-7-20(21(11-25-14)31-13-19-10-24-15(2)12-30-19)17-5-6-28-18(8-17)9-22(27-28)26-23(29)16-3-4-16/h5-9,11,15-16,19,24H,3-4,10,12-13H2,1-2H3,(H,26,27,29)/t15-,19+/m1/s1. The maximum absolute atomic E-state index is 12.0. The molecule has 4 heterocycles. The molecular weight excluding hydrogens is 394 g/mol. The van der Waals surface area contributed by atoms with Crippen LogP contribution in [0.1, 0.15) is 25.5 Å². The van der Waals surface area contributed by atoms with Gasteiger partial charge < -0.3 is 20.1 Å². The van der Waals surface area contributed by atoms with E-state index in [4.69, 9.17) is 9.47 Å². The first-order chi connectivity index (χ1) is 15.0. The van der Waals surface area contributed by atoms with E-state index in [0.717, 1.165) is 47.5 Å². The number of amides is 1. The molecule has 0 unspecified atom stereocenters. The van der Waals surface area contributed by atoms with Gasteiger partial charge in [-0.25, -0.2) is 4.52 Å². The summed E-state index contributed by atoms with van der Waals surface area (Å²) in [6, 6.07) is 8.32. The molecular formula is C23H27N5O3. The van der Waals surface area contributed by atoms with Crippen molar-refractivity contribution in [1.82, 2.24) is 19.9 Å². The highest BCUT2D eigenvalue weighted by Gasteiger charge is 2.30. The lowest BCUT2D eigenvalue weighted by Gasteiger charge is -2.28. The van der Waals surface area contributed by atoms with Gasteiger partial charge in [0.05, 0.1) is 18.3 Å². The van der Waals surface area contributed by atoms with E-state index >= 15 is 0 Å². The van der Waals surface area contributed by atoms with Crippen LogP contribution in [0.4, 0.5) is 5.82 Å². The molecule has 0 aromatic carbocycles. The van der Waals surface area contributed by atoms with E-state index in [2.05, 4.69) is 27.6 Å². The van der Waals surface area contributed by atoms with Crippen molar-refractivity contribution in [2.45, 2.75) is 38.8 Å². The molecule has 0 radical (unpaired) electrons. The first-order valence-corrected chi connectivity index (χ1v) is 10.8. The van der Waals surface area contributed by atoms with E-state index in [-0.39, 0.29) is 17.9 Å². The average Bonchev–Trinajstić information content (AvgIpc) is 3.54. The number of nitrogens with zero attached hydrogens (tertiary/aromatic N) is 3.